The van der Waals surface area contributed by atoms with Gasteiger partial charge in [0.25, 0.3) is 6.43 Å². The van der Waals surface area contributed by atoms with Crippen molar-refractivity contribution in [1.29, 1.82) is 5.26 Å². The summed E-state index contributed by atoms with van der Waals surface area (Å²) in [5, 5.41) is 8.94. The summed E-state index contributed by atoms with van der Waals surface area (Å²) in [5.41, 5.74) is -0.234. The summed E-state index contributed by atoms with van der Waals surface area (Å²) in [4.78, 5) is 11.6. The molecular formula is C13H13F2NO2. The first kappa shape index (κ1) is 14.1. The molecule has 0 spiro atoms. The molecule has 0 N–H and O–H groups in total. The maximum Gasteiger partial charge on any atom is 0.339 e. The summed E-state index contributed by atoms with van der Waals surface area (Å²) in [7, 11) is 0. The van der Waals surface area contributed by atoms with Gasteiger partial charge in [-0.15, -0.1) is 0 Å². The minimum absolute atomic E-state index is 0.0889. The Balaban J connectivity index is 3.43. The topological polar surface area (TPSA) is 50.1 Å². The zero-order chi connectivity index (χ0) is 13.7. The third-order valence-corrected chi connectivity index (χ3v) is 2.48. The van der Waals surface area contributed by atoms with Gasteiger partial charge in [-0.05, 0) is 31.0 Å². The molecule has 0 bridgehead atoms. The summed E-state index contributed by atoms with van der Waals surface area (Å²) in [6.07, 6.45) is -2.29. The molecule has 96 valence electrons. The Morgan fingerprint density at radius 1 is 1.44 bits per heavy atom. The van der Waals surface area contributed by atoms with Crippen molar-refractivity contribution in [2.45, 2.75) is 26.7 Å². The highest BCUT2D eigenvalue weighted by Gasteiger charge is 2.22. The second-order valence-electron chi connectivity index (χ2n) is 3.59. The molecule has 0 heterocycles. The summed E-state index contributed by atoms with van der Waals surface area (Å²) < 4.78 is 30.5. The van der Waals surface area contributed by atoms with Crippen molar-refractivity contribution in [2.75, 3.05) is 6.61 Å². The molecule has 0 fully saturated rings. The second-order valence-corrected chi connectivity index (χ2v) is 3.59. The number of benzene rings is 1. The molecule has 0 aliphatic carbocycles. The van der Waals surface area contributed by atoms with Gasteiger partial charge in [-0.25, -0.2) is 13.6 Å². The first-order valence-corrected chi connectivity index (χ1v) is 5.57. The minimum Gasteiger partial charge on any atom is -0.462 e. The molecule has 1 aromatic rings. The Hall–Kier alpha value is -1.96. The third-order valence-electron chi connectivity index (χ3n) is 2.48. The van der Waals surface area contributed by atoms with Gasteiger partial charge in [0.15, 0.2) is 0 Å². The van der Waals surface area contributed by atoms with E-state index in [2.05, 4.69) is 0 Å². The van der Waals surface area contributed by atoms with E-state index in [0.29, 0.717) is 12.0 Å². The molecule has 0 saturated carbocycles. The van der Waals surface area contributed by atoms with Crippen LogP contribution in [0.25, 0.3) is 0 Å². The normalized spacial score (nSPS) is 10.2. The van der Waals surface area contributed by atoms with Crippen LogP contribution in [0.15, 0.2) is 12.1 Å². The molecular weight excluding hydrogens is 240 g/mol. The number of esters is 1. The summed E-state index contributed by atoms with van der Waals surface area (Å²) >= 11 is 0. The highest BCUT2D eigenvalue weighted by Crippen LogP contribution is 2.27. The van der Waals surface area contributed by atoms with E-state index in [1.54, 1.807) is 19.9 Å². The Labute approximate surface area is 104 Å². The number of nitriles is 1. The first-order chi connectivity index (χ1) is 8.54. The number of aryl methyl sites for hydroxylation is 1. The summed E-state index contributed by atoms with van der Waals surface area (Å²) in [6, 6.07) is 4.34. The fourth-order valence-corrected chi connectivity index (χ4v) is 1.60. The average Bonchev–Trinajstić information content (AvgIpc) is 2.37. The molecule has 0 aliphatic rings. The lowest BCUT2D eigenvalue weighted by Crippen LogP contribution is -2.10. The molecule has 0 aromatic heterocycles. The quantitative estimate of drug-likeness (QED) is 0.774. The van der Waals surface area contributed by atoms with Gasteiger partial charge in [-0.2, -0.15) is 5.26 Å². The van der Waals surface area contributed by atoms with E-state index in [4.69, 9.17) is 10.00 Å². The highest BCUT2D eigenvalue weighted by molar-refractivity contribution is 5.93. The smallest absolute Gasteiger partial charge is 0.339 e. The van der Waals surface area contributed by atoms with Gasteiger partial charge in [0.2, 0.25) is 0 Å². The Bertz CT molecular complexity index is 492. The molecule has 0 saturated heterocycles. The first-order valence-electron chi connectivity index (χ1n) is 5.57. The van der Waals surface area contributed by atoms with E-state index in [-0.39, 0.29) is 17.7 Å². The number of carbonyl (C=O) groups excluding carboxylic acids is 1. The molecule has 0 aliphatic heterocycles. The maximum atomic E-state index is 12.9. The van der Waals surface area contributed by atoms with E-state index >= 15 is 0 Å². The predicted octanol–water partition coefficient (Wildman–Crippen LogP) is 3.23. The standard InChI is InChI=1S/C13H13F2NO2/c1-3-8-5-9(12(14)15)11(7-16)10(6-8)13(17)18-4-2/h5-6,12H,3-4H2,1-2H3. The highest BCUT2D eigenvalue weighted by atomic mass is 19.3. The van der Waals surface area contributed by atoms with Crippen LogP contribution in [0, 0.1) is 11.3 Å². The van der Waals surface area contributed by atoms with Crippen molar-refractivity contribution < 1.29 is 18.3 Å². The maximum absolute atomic E-state index is 12.9. The third kappa shape index (κ3) is 2.83. The van der Waals surface area contributed by atoms with Gasteiger partial charge in [0.1, 0.15) is 6.07 Å². The number of carbonyl (C=O) groups is 1. The molecule has 0 amide bonds. The van der Waals surface area contributed by atoms with E-state index < -0.39 is 18.0 Å². The lowest BCUT2D eigenvalue weighted by Gasteiger charge is -2.11. The Morgan fingerprint density at radius 2 is 2.11 bits per heavy atom. The minimum atomic E-state index is -2.79. The lowest BCUT2D eigenvalue weighted by atomic mass is 9.97. The van der Waals surface area contributed by atoms with Crippen molar-refractivity contribution in [3.63, 3.8) is 0 Å². The summed E-state index contributed by atoms with van der Waals surface area (Å²) in [6.45, 7) is 3.53. The largest absolute Gasteiger partial charge is 0.462 e. The van der Waals surface area contributed by atoms with E-state index in [1.807, 2.05) is 0 Å². The van der Waals surface area contributed by atoms with Crippen LogP contribution in [0.1, 0.15) is 47.3 Å². The van der Waals surface area contributed by atoms with Gasteiger partial charge in [-0.1, -0.05) is 6.92 Å². The Kier molecular flexibility index (Phi) is 4.78. The molecule has 1 rings (SSSR count). The van der Waals surface area contributed by atoms with E-state index in [1.165, 1.54) is 12.1 Å². The SMILES string of the molecule is CCOC(=O)c1cc(CC)cc(C(F)F)c1C#N. The monoisotopic (exact) mass is 253 g/mol. The van der Waals surface area contributed by atoms with Crippen LogP contribution < -0.4 is 0 Å². The number of hydrogen-bond donors (Lipinski definition) is 0. The van der Waals surface area contributed by atoms with Crippen LogP contribution in [0.4, 0.5) is 8.78 Å². The second kappa shape index (κ2) is 6.10. The number of halogens is 2. The molecule has 1 aromatic carbocycles. The number of hydrogen-bond acceptors (Lipinski definition) is 3. The molecule has 5 heteroatoms. The van der Waals surface area contributed by atoms with Crippen LogP contribution >= 0.6 is 0 Å². The molecule has 3 nitrogen and oxygen atoms in total. The van der Waals surface area contributed by atoms with Crippen molar-refractivity contribution in [2.24, 2.45) is 0 Å². The Morgan fingerprint density at radius 3 is 2.56 bits per heavy atom. The predicted molar refractivity (Wildman–Crippen MR) is 61.4 cm³/mol. The van der Waals surface area contributed by atoms with Gasteiger partial charge < -0.3 is 4.74 Å². The van der Waals surface area contributed by atoms with Crippen molar-refractivity contribution in [1.82, 2.24) is 0 Å². The fraction of sp³-hybridized carbons (Fsp3) is 0.385. The van der Waals surface area contributed by atoms with E-state index in [9.17, 15) is 13.6 Å². The number of ether oxygens (including phenoxy) is 1. The molecule has 0 unspecified atom stereocenters. The zero-order valence-electron chi connectivity index (χ0n) is 10.2. The number of rotatable bonds is 4. The van der Waals surface area contributed by atoms with Gasteiger partial charge >= 0.3 is 5.97 Å². The molecule has 0 radical (unpaired) electrons. The van der Waals surface area contributed by atoms with Gasteiger partial charge in [0.05, 0.1) is 17.7 Å². The van der Waals surface area contributed by atoms with Crippen molar-refractivity contribution >= 4 is 5.97 Å². The molecule has 0 atom stereocenters. The lowest BCUT2D eigenvalue weighted by molar-refractivity contribution is 0.0525. The van der Waals surface area contributed by atoms with Gasteiger partial charge in [0, 0.05) is 5.56 Å². The molecule has 18 heavy (non-hydrogen) atoms. The van der Waals surface area contributed by atoms with E-state index in [0.717, 1.165) is 0 Å². The van der Waals surface area contributed by atoms with Crippen LogP contribution in [-0.2, 0) is 11.2 Å². The van der Waals surface area contributed by atoms with Crippen LogP contribution in [0.3, 0.4) is 0 Å². The van der Waals surface area contributed by atoms with Crippen LogP contribution in [0.5, 0.6) is 0 Å². The van der Waals surface area contributed by atoms with Crippen molar-refractivity contribution in [3.05, 3.63) is 34.4 Å². The fourth-order valence-electron chi connectivity index (χ4n) is 1.60. The van der Waals surface area contributed by atoms with Crippen LogP contribution in [-0.4, -0.2) is 12.6 Å². The van der Waals surface area contributed by atoms with Crippen molar-refractivity contribution in [3.8, 4) is 6.07 Å². The number of alkyl halides is 2. The summed E-state index contributed by atoms with van der Waals surface area (Å²) in [5.74, 6) is -0.744. The van der Waals surface area contributed by atoms with Crippen LogP contribution in [0.2, 0.25) is 0 Å². The number of nitrogens with zero attached hydrogens (tertiary/aromatic N) is 1. The van der Waals surface area contributed by atoms with Gasteiger partial charge in [-0.3, -0.25) is 0 Å². The zero-order valence-corrected chi connectivity index (χ0v) is 10.2. The average molecular weight is 253 g/mol.